The van der Waals surface area contributed by atoms with E-state index in [4.69, 9.17) is 38.1 Å². The van der Waals surface area contributed by atoms with Gasteiger partial charge >= 0.3 is 11.4 Å². The first-order valence-electron chi connectivity index (χ1n) is 19.9. The molecule has 0 saturated carbocycles. The number of hydrogen-bond donors (Lipinski definition) is 2. The molecule has 0 aliphatic rings. The molecule has 0 aromatic heterocycles. The van der Waals surface area contributed by atoms with Crippen molar-refractivity contribution in [2.75, 3.05) is 26.6 Å². The molecular weight excluding hydrogens is 862 g/mol. The molecule has 4 aromatic carbocycles. The van der Waals surface area contributed by atoms with Crippen molar-refractivity contribution in [3.8, 4) is 12.1 Å². The van der Waals surface area contributed by atoms with Crippen molar-refractivity contribution in [3.05, 3.63) is 144 Å². The Labute approximate surface area is 391 Å². The highest BCUT2D eigenvalue weighted by molar-refractivity contribution is 6.61. The van der Waals surface area contributed by atoms with Crippen LogP contribution in [-0.2, 0) is 27.5 Å². The third-order valence-corrected chi connectivity index (χ3v) is 9.10. The highest BCUT2D eigenvalue weighted by Crippen LogP contribution is 2.27. The van der Waals surface area contributed by atoms with Crippen molar-refractivity contribution in [3.63, 3.8) is 0 Å². The predicted octanol–water partition coefficient (Wildman–Crippen LogP) is 12.6. The van der Waals surface area contributed by atoms with Gasteiger partial charge in [-0.2, -0.15) is 10.5 Å². The summed E-state index contributed by atoms with van der Waals surface area (Å²) in [5, 5.41) is 17.8. The number of nitrogens with two attached hydrogens (primary N) is 2. The minimum atomic E-state index is -0.924. The smallest absolute Gasteiger partial charge is 0.404 e. The van der Waals surface area contributed by atoms with Crippen molar-refractivity contribution in [1.29, 1.82) is 10.5 Å². The van der Waals surface area contributed by atoms with E-state index in [2.05, 4.69) is 10.8 Å². The fourth-order valence-electron chi connectivity index (χ4n) is 5.38. The molecule has 0 fully saturated rings. The lowest BCUT2D eigenvalue weighted by Gasteiger charge is -2.26. The zero-order valence-electron chi connectivity index (χ0n) is 35.8. The minimum absolute atomic E-state index is 0. The van der Waals surface area contributed by atoms with Gasteiger partial charge in [0.2, 0.25) is 0 Å². The molecule has 9 nitrogen and oxygen atoms in total. The first-order chi connectivity index (χ1) is 29.2. The molecule has 0 aliphatic carbocycles. The SMILES string of the molecule is C.C.CC(C#N)(CCCF)N=C(c1ccccc1)c1ccccc1.CC(CN)(CCCF)CC(=O)OCc1ccccc1.CC(N)(C#N)CCCF.Cl.O=C(Cl)OCc1ccccc1. The molecule has 3 unspecified atom stereocenters. The van der Waals surface area contributed by atoms with E-state index >= 15 is 0 Å². The molecule has 0 bridgehead atoms. The largest absolute Gasteiger partial charge is 0.461 e. The van der Waals surface area contributed by atoms with Gasteiger partial charge in [0.15, 0.2) is 0 Å². The van der Waals surface area contributed by atoms with E-state index < -0.39 is 29.9 Å². The number of nitriles is 2. The Kier molecular flexibility index (Phi) is 35.6. The number of alkyl halides is 3. The summed E-state index contributed by atoms with van der Waals surface area (Å²) in [5.41, 5.74) is 12.7. The van der Waals surface area contributed by atoms with Gasteiger partial charge in [0.1, 0.15) is 24.3 Å². The van der Waals surface area contributed by atoms with E-state index in [1.165, 1.54) is 0 Å². The molecule has 3 atom stereocenters. The molecule has 4 rings (SSSR count). The molecule has 0 radical (unpaired) electrons. The van der Waals surface area contributed by atoms with Crippen LogP contribution in [0.3, 0.4) is 0 Å². The number of carbonyl (C=O) groups is 2. The van der Waals surface area contributed by atoms with Gasteiger partial charge in [0.25, 0.3) is 0 Å². The Hall–Kier alpha value is -5.24. The zero-order chi connectivity index (χ0) is 45.4. The maximum absolute atomic E-state index is 12.5. The average Bonchev–Trinajstić information content (AvgIpc) is 3.29. The monoisotopic (exact) mass is 929 g/mol. The van der Waals surface area contributed by atoms with E-state index in [0.29, 0.717) is 45.1 Å². The second-order valence-corrected chi connectivity index (χ2v) is 15.1. The summed E-state index contributed by atoms with van der Waals surface area (Å²) in [4.78, 5) is 26.6. The van der Waals surface area contributed by atoms with Crippen LogP contribution in [0, 0.1) is 28.1 Å². The number of halogens is 5. The van der Waals surface area contributed by atoms with Crippen LogP contribution in [0.15, 0.2) is 126 Å². The number of rotatable bonds is 19. The lowest BCUT2D eigenvalue weighted by Crippen LogP contribution is -2.33. The Morgan fingerprint density at radius 3 is 1.42 bits per heavy atom. The number of benzene rings is 4. The average molecular weight is 931 g/mol. The molecule has 4 aromatic rings. The molecule has 0 heterocycles. The van der Waals surface area contributed by atoms with Crippen LogP contribution >= 0.6 is 24.0 Å². The summed E-state index contributed by atoms with van der Waals surface area (Å²) in [6.07, 6.45) is 2.81. The third-order valence-electron chi connectivity index (χ3n) is 8.99. The molecule has 352 valence electrons. The fraction of sp³-hybridized carbons (Fsp3) is 0.420. The predicted molar refractivity (Wildman–Crippen MR) is 258 cm³/mol. The molecule has 64 heavy (non-hydrogen) atoms. The molecule has 0 amide bonds. The van der Waals surface area contributed by atoms with Crippen molar-refractivity contribution < 1.29 is 32.2 Å². The Balaban J connectivity index is -0.000000807. The van der Waals surface area contributed by atoms with Crippen LogP contribution in [0.1, 0.15) is 103 Å². The first-order valence-corrected chi connectivity index (χ1v) is 20.3. The van der Waals surface area contributed by atoms with Gasteiger partial charge in [-0.1, -0.05) is 143 Å². The quantitative estimate of drug-likeness (QED) is 0.0533. The zero-order valence-corrected chi connectivity index (χ0v) is 37.4. The minimum Gasteiger partial charge on any atom is -0.461 e. The van der Waals surface area contributed by atoms with Crippen LogP contribution in [0.4, 0.5) is 18.0 Å². The molecule has 0 saturated heterocycles. The highest BCUT2D eigenvalue weighted by Gasteiger charge is 2.27. The summed E-state index contributed by atoms with van der Waals surface area (Å²) in [6.45, 7) is 4.91. The van der Waals surface area contributed by atoms with Crippen molar-refractivity contribution in [2.24, 2.45) is 21.9 Å². The first kappa shape index (κ1) is 63.1. The van der Waals surface area contributed by atoms with Gasteiger partial charge in [0.05, 0.1) is 44.3 Å². The van der Waals surface area contributed by atoms with Crippen LogP contribution in [0.25, 0.3) is 0 Å². The lowest BCUT2D eigenvalue weighted by molar-refractivity contribution is -0.147. The Morgan fingerprint density at radius 1 is 0.656 bits per heavy atom. The third kappa shape index (κ3) is 28.4. The normalized spacial score (nSPS) is 12.4. The topological polar surface area (TPSA) is 165 Å². The second-order valence-electron chi connectivity index (χ2n) is 14.8. The van der Waals surface area contributed by atoms with Gasteiger partial charge in [-0.25, -0.2) is 4.79 Å². The number of carbonyl (C=O) groups excluding carboxylic acids is 2. The van der Waals surface area contributed by atoms with Crippen LogP contribution in [0.5, 0.6) is 0 Å². The number of hydrogen-bond acceptors (Lipinski definition) is 9. The van der Waals surface area contributed by atoms with E-state index in [0.717, 1.165) is 28.0 Å². The summed E-state index contributed by atoms with van der Waals surface area (Å²) < 4.78 is 46.0. The van der Waals surface area contributed by atoms with E-state index in [9.17, 15) is 28.0 Å². The lowest BCUT2D eigenvalue weighted by atomic mass is 9.82. The maximum Gasteiger partial charge on any atom is 0.404 e. The molecular formula is C50H68Cl2F3N5O4. The van der Waals surface area contributed by atoms with E-state index in [1.807, 2.05) is 134 Å². The highest BCUT2D eigenvalue weighted by atomic mass is 35.5. The van der Waals surface area contributed by atoms with Crippen molar-refractivity contribution >= 4 is 41.1 Å². The summed E-state index contributed by atoms with van der Waals surface area (Å²) in [6, 6.07) is 42.5. The second kappa shape index (κ2) is 36.1. The fourth-order valence-corrected chi connectivity index (χ4v) is 5.43. The Bertz CT molecular complexity index is 1880. The standard InChI is InChI=1S/C19H19FN2.C15H22FNO2.C8H7ClO2.C6H11FN2.2CH4.ClH/c1-19(15-21,13-8-14-20)22-18(16-9-4-2-5-10-16)17-11-6-3-7-12-17;1-15(12-17,8-5-9-16)10-14(18)19-11-13-6-3-2-4-7-13;9-8(10)11-6-7-4-2-1-3-5-7;1-6(9,5-8)3-2-4-7;;;/h2-7,9-12H,8,13-14H2,1H3;2-4,6-7H,5,8-12,17H2,1H3;1-5H,6H2;2-4,9H2,1H3;2*1H4;1H. The van der Waals surface area contributed by atoms with Crippen LogP contribution in [-0.4, -0.2) is 54.8 Å². The van der Waals surface area contributed by atoms with Crippen LogP contribution < -0.4 is 11.5 Å². The van der Waals surface area contributed by atoms with Gasteiger partial charge in [-0.3, -0.25) is 23.0 Å². The molecule has 14 heteroatoms. The molecule has 0 aliphatic heterocycles. The number of aliphatic imine (C=N–C) groups is 1. The Morgan fingerprint density at radius 2 is 1.05 bits per heavy atom. The van der Waals surface area contributed by atoms with Crippen LogP contribution in [0.2, 0.25) is 0 Å². The summed E-state index contributed by atoms with van der Waals surface area (Å²) >= 11 is 4.97. The van der Waals surface area contributed by atoms with Gasteiger partial charge in [-0.15, -0.1) is 12.4 Å². The molecule has 4 N–H and O–H groups in total. The maximum atomic E-state index is 12.5. The molecule has 0 spiro atoms. The number of nitrogens with zero attached hydrogens (tertiary/aromatic N) is 3. The van der Waals surface area contributed by atoms with E-state index in [1.54, 1.807) is 13.8 Å². The van der Waals surface area contributed by atoms with Crippen molar-refractivity contribution in [2.45, 2.75) is 105 Å². The van der Waals surface area contributed by atoms with Gasteiger partial charge < -0.3 is 20.9 Å². The van der Waals surface area contributed by atoms with Gasteiger partial charge in [-0.05, 0) is 75.5 Å². The number of ether oxygens (including phenoxy) is 2. The van der Waals surface area contributed by atoms with E-state index in [-0.39, 0.29) is 65.0 Å². The summed E-state index contributed by atoms with van der Waals surface area (Å²) in [5.74, 6) is -0.282. The van der Waals surface area contributed by atoms with Crippen molar-refractivity contribution in [1.82, 2.24) is 0 Å². The summed E-state index contributed by atoms with van der Waals surface area (Å²) in [7, 11) is 0. The number of esters is 1. The van der Waals surface area contributed by atoms with Gasteiger partial charge in [0, 0.05) is 22.7 Å².